The van der Waals surface area contributed by atoms with E-state index in [4.69, 9.17) is 9.47 Å². The smallest absolute Gasteiger partial charge is 0.341 e. The molecule has 194 valence electrons. The van der Waals surface area contributed by atoms with Crippen LogP contribution in [0, 0.1) is 0 Å². The number of esters is 2. The SMILES string of the molecule is CC(C)OC(=O)C(C(=O)OC(C)C)N(c1ccc(-c2ccccc2)cc1)c1ccc(-c2ccccc2)cc1. The van der Waals surface area contributed by atoms with Crippen molar-refractivity contribution in [3.8, 4) is 22.3 Å². The van der Waals surface area contributed by atoms with E-state index in [1.807, 2.05) is 109 Å². The highest BCUT2D eigenvalue weighted by molar-refractivity contribution is 6.04. The van der Waals surface area contributed by atoms with Crippen LogP contribution in [0.1, 0.15) is 27.7 Å². The van der Waals surface area contributed by atoms with Crippen molar-refractivity contribution >= 4 is 23.3 Å². The van der Waals surface area contributed by atoms with Crippen molar-refractivity contribution in [2.45, 2.75) is 45.9 Å². The molecule has 4 aromatic rings. The van der Waals surface area contributed by atoms with Gasteiger partial charge in [0, 0.05) is 11.4 Å². The molecule has 0 bridgehead atoms. The fourth-order valence-electron chi connectivity index (χ4n) is 4.24. The number of hydrogen-bond acceptors (Lipinski definition) is 5. The minimum absolute atomic E-state index is 0.389. The molecule has 5 nitrogen and oxygen atoms in total. The molecule has 0 saturated carbocycles. The van der Waals surface area contributed by atoms with Gasteiger partial charge in [0.15, 0.2) is 0 Å². The van der Waals surface area contributed by atoms with Gasteiger partial charge in [0.05, 0.1) is 12.2 Å². The Balaban J connectivity index is 1.79. The average molecular weight is 508 g/mol. The highest BCUT2D eigenvalue weighted by Crippen LogP contribution is 2.33. The van der Waals surface area contributed by atoms with Crippen LogP contribution in [0.25, 0.3) is 22.3 Å². The second-order valence-electron chi connectivity index (χ2n) is 9.57. The molecule has 0 aliphatic rings. The number of nitrogens with zero attached hydrogens (tertiary/aromatic N) is 1. The molecule has 38 heavy (non-hydrogen) atoms. The van der Waals surface area contributed by atoms with Crippen LogP contribution < -0.4 is 4.90 Å². The van der Waals surface area contributed by atoms with E-state index < -0.39 is 18.0 Å². The molecular formula is C33H33NO4. The monoisotopic (exact) mass is 507 g/mol. The summed E-state index contributed by atoms with van der Waals surface area (Å²) in [6.45, 7) is 7.04. The van der Waals surface area contributed by atoms with Crippen LogP contribution in [-0.4, -0.2) is 30.2 Å². The van der Waals surface area contributed by atoms with Crippen LogP contribution in [-0.2, 0) is 19.1 Å². The van der Waals surface area contributed by atoms with Crippen molar-refractivity contribution in [3.63, 3.8) is 0 Å². The number of hydrogen-bond donors (Lipinski definition) is 0. The molecule has 0 N–H and O–H groups in total. The molecule has 0 heterocycles. The Labute approximate surface area is 224 Å². The number of ether oxygens (including phenoxy) is 2. The van der Waals surface area contributed by atoms with E-state index in [1.54, 1.807) is 32.6 Å². The Bertz CT molecular complexity index is 1230. The van der Waals surface area contributed by atoms with Gasteiger partial charge < -0.3 is 14.4 Å². The highest BCUT2D eigenvalue weighted by Gasteiger charge is 2.38. The van der Waals surface area contributed by atoms with Crippen molar-refractivity contribution in [2.75, 3.05) is 4.90 Å². The zero-order valence-corrected chi connectivity index (χ0v) is 22.2. The minimum Gasteiger partial charge on any atom is -0.461 e. The Morgan fingerprint density at radius 1 is 0.500 bits per heavy atom. The van der Waals surface area contributed by atoms with Crippen molar-refractivity contribution in [1.29, 1.82) is 0 Å². The molecule has 0 unspecified atom stereocenters. The van der Waals surface area contributed by atoms with Gasteiger partial charge in [-0.05, 0) is 74.2 Å². The fraction of sp³-hybridized carbons (Fsp3) is 0.212. The Morgan fingerprint density at radius 2 is 0.816 bits per heavy atom. The maximum atomic E-state index is 13.4. The van der Waals surface area contributed by atoms with E-state index in [9.17, 15) is 9.59 Å². The summed E-state index contributed by atoms with van der Waals surface area (Å²) in [6.07, 6.45) is -0.778. The Hall–Kier alpha value is -4.38. The first-order valence-electron chi connectivity index (χ1n) is 12.8. The third-order valence-electron chi connectivity index (χ3n) is 5.91. The average Bonchev–Trinajstić information content (AvgIpc) is 2.92. The molecule has 0 saturated heterocycles. The van der Waals surface area contributed by atoms with Gasteiger partial charge in [0.1, 0.15) is 0 Å². The van der Waals surface area contributed by atoms with Gasteiger partial charge in [-0.15, -0.1) is 0 Å². The summed E-state index contributed by atoms with van der Waals surface area (Å²) in [6, 6.07) is 34.3. The maximum absolute atomic E-state index is 13.4. The Kier molecular flexibility index (Phi) is 8.59. The van der Waals surface area contributed by atoms with Gasteiger partial charge in [-0.2, -0.15) is 0 Å². The van der Waals surface area contributed by atoms with Crippen LogP contribution in [0.4, 0.5) is 11.4 Å². The molecule has 0 atom stereocenters. The second-order valence-corrected chi connectivity index (χ2v) is 9.57. The summed E-state index contributed by atoms with van der Waals surface area (Å²) in [4.78, 5) is 28.4. The minimum atomic E-state index is -1.31. The van der Waals surface area contributed by atoms with Gasteiger partial charge in [0.25, 0.3) is 0 Å². The van der Waals surface area contributed by atoms with E-state index in [1.165, 1.54) is 0 Å². The van der Waals surface area contributed by atoms with E-state index in [0.717, 1.165) is 22.3 Å². The van der Waals surface area contributed by atoms with Crippen molar-refractivity contribution in [1.82, 2.24) is 0 Å². The normalized spacial score (nSPS) is 11.0. The largest absolute Gasteiger partial charge is 0.461 e. The number of carbonyl (C=O) groups is 2. The van der Waals surface area contributed by atoms with Crippen LogP contribution in [0.2, 0.25) is 0 Å². The van der Waals surface area contributed by atoms with Crippen LogP contribution in [0.3, 0.4) is 0 Å². The lowest BCUT2D eigenvalue weighted by Crippen LogP contribution is -2.47. The number of carbonyl (C=O) groups excluding carboxylic acids is 2. The first-order valence-corrected chi connectivity index (χ1v) is 12.8. The second kappa shape index (κ2) is 12.2. The summed E-state index contributed by atoms with van der Waals surface area (Å²) in [5, 5.41) is 0. The lowest BCUT2D eigenvalue weighted by Gasteiger charge is -2.32. The fourth-order valence-corrected chi connectivity index (χ4v) is 4.24. The summed E-state index contributed by atoms with van der Waals surface area (Å²) >= 11 is 0. The third kappa shape index (κ3) is 6.48. The predicted molar refractivity (Wildman–Crippen MR) is 152 cm³/mol. The lowest BCUT2D eigenvalue weighted by molar-refractivity contribution is -0.160. The molecule has 0 aliphatic carbocycles. The van der Waals surface area contributed by atoms with Gasteiger partial charge in [0.2, 0.25) is 6.04 Å². The molecule has 0 radical (unpaired) electrons. The number of anilines is 2. The van der Waals surface area contributed by atoms with Gasteiger partial charge >= 0.3 is 11.9 Å². The molecule has 5 heteroatoms. The number of rotatable bonds is 9. The molecule has 0 aromatic heterocycles. The number of benzene rings is 4. The summed E-state index contributed by atoms with van der Waals surface area (Å²) < 4.78 is 11.1. The van der Waals surface area contributed by atoms with Crippen LogP contribution in [0.5, 0.6) is 0 Å². The zero-order chi connectivity index (χ0) is 27.1. The molecule has 0 fully saturated rings. The quantitative estimate of drug-likeness (QED) is 0.174. The van der Waals surface area contributed by atoms with Crippen LogP contribution >= 0.6 is 0 Å². The summed E-state index contributed by atoms with van der Waals surface area (Å²) in [5.74, 6) is -1.32. The molecule has 0 spiro atoms. The van der Waals surface area contributed by atoms with E-state index in [-0.39, 0.29) is 12.2 Å². The topological polar surface area (TPSA) is 55.8 Å². The molecule has 0 aliphatic heterocycles. The van der Waals surface area contributed by atoms with Gasteiger partial charge in [-0.3, -0.25) is 0 Å². The molecule has 4 aromatic carbocycles. The predicted octanol–water partition coefficient (Wildman–Crippen LogP) is 7.43. The summed E-state index contributed by atoms with van der Waals surface area (Å²) in [7, 11) is 0. The van der Waals surface area contributed by atoms with Gasteiger partial charge in [-0.25, -0.2) is 9.59 Å². The first kappa shape index (κ1) is 26.7. The molecular weight excluding hydrogens is 474 g/mol. The Morgan fingerprint density at radius 3 is 1.13 bits per heavy atom. The van der Waals surface area contributed by atoms with E-state index in [0.29, 0.717) is 11.4 Å². The summed E-state index contributed by atoms with van der Waals surface area (Å²) in [5.41, 5.74) is 5.55. The zero-order valence-electron chi connectivity index (χ0n) is 22.2. The van der Waals surface area contributed by atoms with Crippen molar-refractivity contribution < 1.29 is 19.1 Å². The van der Waals surface area contributed by atoms with E-state index >= 15 is 0 Å². The third-order valence-corrected chi connectivity index (χ3v) is 5.91. The van der Waals surface area contributed by atoms with E-state index in [2.05, 4.69) is 0 Å². The first-order chi connectivity index (χ1) is 18.3. The lowest BCUT2D eigenvalue weighted by atomic mass is 10.0. The van der Waals surface area contributed by atoms with Crippen molar-refractivity contribution in [3.05, 3.63) is 109 Å². The van der Waals surface area contributed by atoms with Crippen LogP contribution in [0.15, 0.2) is 109 Å². The maximum Gasteiger partial charge on any atom is 0.341 e. The van der Waals surface area contributed by atoms with Gasteiger partial charge in [-0.1, -0.05) is 84.9 Å². The molecule has 0 amide bonds. The van der Waals surface area contributed by atoms with Crippen molar-refractivity contribution in [2.24, 2.45) is 0 Å². The molecule has 4 rings (SSSR count). The standard InChI is InChI=1S/C33H33NO4/c1-23(2)37-32(35)31(33(36)38-24(3)4)34(29-19-15-27(16-20-29)25-11-7-5-8-12-25)30-21-17-28(18-22-30)26-13-9-6-10-14-26/h5-24,31H,1-4H3. The highest BCUT2D eigenvalue weighted by atomic mass is 16.6.